The maximum Gasteiger partial charge on any atom is 0.169 e. The fourth-order valence-corrected chi connectivity index (χ4v) is 2.01. The van der Waals surface area contributed by atoms with E-state index in [2.05, 4.69) is 5.16 Å². The average molecular weight is 260 g/mol. The first-order valence-electron chi connectivity index (χ1n) is 4.17. The minimum atomic E-state index is 0.561. The van der Waals surface area contributed by atoms with Gasteiger partial charge in [0.1, 0.15) is 5.03 Å². The molecule has 0 spiro atoms. The van der Waals surface area contributed by atoms with Crippen molar-refractivity contribution in [3.63, 3.8) is 0 Å². The van der Waals surface area contributed by atoms with Crippen molar-refractivity contribution in [1.82, 2.24) is 5.16 Å². The summed E-state index contributed by atoms with van der Waals surface area (Å²) >= 11 is 13.4. The van der Waals surface area contributed by atoms with Crippen molar-refractivity contribution in [3.05, 3.63) is 34.3 Å². The lowest BCUT2D eigenvalue weighted by Gasteiger charge is -1.99. The lowest BCUT2D eigenvalue weighted by Crippen LogP contribution is -1.75. The summed E-state index contributed by atoms with van der Waals surface area (Å²) in [5, 5.41) is 5.87. The van der Waals surface area contributed by atoms with Crippen molar-refractivity contribution in [2.45, 2.75) is 5.03 Å². The second kappa shape index (κ2) is 4.47. The van der Waals surface area contributed by atoms with Crippen LogP contribution in [0.3, 0.4) is 0 Å². The number of nitrogens with zero attached hydrogens (tertiary/aromatic N) is 1. The minimum Gasteiger partial charge on any atom is -0.355 e. The third kappa shape index (κ3) is 2.30. The van der Waals surface area contributed by atoms with Gasteiger partial charge in [0.25, 0.3) is 0 Å². The van der Waals surface area contributed by atoms with Gasteiger partial charge in [-0.3, -0.25) is 0 Å². The molecule has 1 aromatic heterocycles. The van der Waals surface area contributed by atoms with E-state index in [9.17, 15) is 0 Å². The van der Waals surface area contributed by atoms with Crippen LogP contribution >= 0.6 is 35.0 Å². The number of benzene rings is 1. The number of hydrogen-bond acceptors (Lipinski definition) is 3. The highest BCUT2D eigenvalue weighted by Crippen LogP contribution is 2.31. The lowest BCUT2D eigenvalue weighted by atomic mass is 10.2. The van der Waals surface area contributed by atoms with Gasteiger partial charge in [-0.15, -0.1) is 11.8 Å². The maximum absolute atomic E-state index is 6.04. The molecule has 0 radical (unpaired) electrons. The van der Waals surface area contributed by atoms with Gasteiger partial charge in [-0.2, -0.15) is 0 Å². The van der Waals surface area contributed by atoms with Crippen molar-refractivity contribution in [1.29, 1.82) is 0 Å². The van der Waals surface area contributed by atoms with Gasteiger partial charge in [-0.1, -0.05) is 28.4 Å². The number of hydrogen-bond donors (Lipinski definition) is 0. The molecule has 0 fully saturated rings. The van der Waals surface area contributed by atoms with Gasteiger partial charge >= 0.3 is 0 Å². The zero-order chi connectivity index (χ0) is 10.8. The largest absolute Gasteiger partial charge is 0.355 e. The molecule has 0 bridgehead atoms. The van der Waals surface area contributed by atoms with Crippen molar-refractivity contribution in [2.24, 2.45) is 0 Å². The molecule has 0 aliphatic rings. The molecule has 78 valence electrons. The molecule has 5 heteroatoms. The molecule has 0 amide bonds. The molecule has 2 nitrogen and oxygen atoms in total. The first-order valence-corrected chi connectivity index (χ1v) is 6.15. The van der Waals surface area contributed by atoms with Crippen LogP contribution in [0.5, 0.6) is 0 Å². The van der Waals surface area contributed by atoms with Crippen molar-refractivity contribution < 1.29 is 4.52 Å². The lowest BCUT2D eigenvalue weighted by molar-refractivity contribution is 0.415. The third-order valence-electron chi connectivity index (χ3n) is 1.89. The summed E-state index contributed by atoms with van der Waals surface area (Å²) in [7, 11) is 0. The Morgan fingerprint density at radius 2 is 2.07 bits per heavy atom. The molecule has 0 saturated heterocycles. The Bertz CT molecular complexity index is 484. The molecule has 1 aromatic carbocycles. The highest BCUT2D eigenvalue weighted by molar-refractivity contribution is 7.98. The highest BCUT2D eigenvalue weighted by Gasteiger charge is 2.09. The van der Waals surface area contributed by atoms with Gasteiger partial charge in [0, 0.05) is 16.7 Å². The second-order valence-corrected chi connectivity index (χ2v) is 4.53. The molecule has 0 aliphatic heterocycles. The van der Waals surface area contributed by atoms with Crippen LogP contribution in [0.1, 0.15) is 0 Å². The Labute approximate surface area is 102 Å². The van der Waals surface area contributed by atoms with Crippen LogP contribution in [-0.4, -0.2) is 11.4 Å². The molecule has 0 N–H and O–H groups in total. The van der Waals surface area contributed by atoms with Gasteiger partial charge in [0.15, 0.2) is 5.76 Å². The van der Waals surface area contributed by atoms with Gasteiger partial charge in [0.05, 0.1) is 5.02 Å². The zero-order valence-electron chi connectivity index (χ0n) is 7.83. The molecule has 15 heavy (non-hydrogen) atoms. The Morgan fingerprint density at radius 3 is 2.67 bits per heavy atom. The van der Waals surface area contributed by atoms with Crippen LogP contribution in [-0.2, 0) is 0 Å². The Morgan fingerprint density at radius 1 is 1.27 bits per heavy atom. The number of aromatic nitrogens is 1. The Balaban J connectivity index is 2.44. The Hall–Kier alpha value is -0.640. The summed E-state index contributed by atoms with van der Waals surface area (Å²) < 4.78 is 5.16. The normalized spacial score (nSPS) is 10.6. The van der Waals surface area contributed by atoms with Crippen molar-refractivity contribution in [2.75, 3.05) is 6.26 Å². The molecule has 2 rings (SSSR count). The van der Waals surface area contributed by atoms with Gasteiger partial charge in [-0.25, -0.2) is 0 Å². The van der Waals surface area contributed by atoms with Gasteiger partial charge in [-0.05, 0) is 24.5 Å². The molecule has 2 aromatic rings. The van der Waals surface area contributed by atoms with Crippen molar-refractivity contribution >= 4 is 35.0 Å². The molecule has 0 saturated carbocycles. The smallest absolute Gasteiger partial charge is 0.169 e. The molecule has 0 aliphatic carbocycles. The number of rotatable bonds is 2. The van der Waals surface area contributed by atoms with E-state index in [1.165, 1.54) is 11.8 Å². The summed E-state index contributed by atoms with van der Waals surface area (Å²) in [5.41, 5.74) is 0.800. The quantitative estimate of drug-likeness (QED) is 0.750. The fraction of sp³-hybridized carbons (Fsp3) is 0.100. The first kappa shape index (κ1) is 10.9. The van der Waals surface area contributed by atoms with E-state index in [1.807, 2.05) is 18.4 Å². The van der Waals surface area contributed by atoms with E-state index in [0.717, 1.165) is 10.6 Å². The van der Waals surface area contributed by atoms with E-state index >= 15 is 0 Å². The number of thioether (sulfide) groups is 1. The monoisotopic (exact) mass is 259 g/mol. The summed E-state index contributed by atoms with van der Waals surface area (Å²) in [4.78, 5) is 0. The highest BCUT2D eigenvalue weighted by atomic mass is 35.5. The van der Waals surface area contributed by atoms with Gasteiger partial charge in [0.2, 0.25) is 0 Å². The maximum atomic E-state index is 6.04. The number of halogens is 2. The predicted molar refractivity (Wildman–Crippen MR) is 63.7 cm³/mol. The van der Waals surface area contributed by atoms with Crippen LogP contribution in [0.15, 0.2) is 33.8 Å². The molecular weight excluding hydrogens is 253 g/mol. The SMILES string of the molecule is CSc1cc(-c2ccc(Cl)cc2Cl)on1. The molecular formula is C10H7Cl2NOS. The summed E-state index contributed by atoms with van der Waals surface area (Å²) in [6, 6.07) is 7.11. The molecule has 0 atom stereocenters. The van der Waals surface area contributed by atoms with Crippen LogP contribution in [0.2, 0.25) is 10.0 Å². The Kier molecular flexibility index (Phi) is 3.24. The summed E-state index contributed by atoms with van der Waals surface area (Å²) in [5.74, 6) is 0.654. The van der Waals surface area contributed by atoms with E-state index in [-0.39, 0.29) is 0 Å². The van der Waals surface area contributed by atoms with E-state index in [4.69, 9.17) is 27.7 Å². The predicted octanol–water partition coefficient (Wildman–Crippen LogP) is 4.37. The fourth-order valence-electron chi connectivity index (χ4n) is 1.17. The van der Waals surface area contributed by atoms with Gasteiger partial charge < -0.3 is 4.52 Å². The van der Waals surface area contributed by atoms with Crippen LogP contribution in [0, 0.1) is 0 Å². The second-order valence-electron chi connectivity index (χ2n) is 2.86. The van der Waals surface area contributed by atoms with Crippen LogP contribution < -0.4 is 0 Å². The third-order valence-corrected chi connectivity index (χ3v) is 3.05. The molecule has 1 heterocycles. The van der Waals surface area contributed by atoms with Crippen LogP contribution in [0.4, 0.5) is 0 Å². The standard InChI is InChI=1S/C10H7Cl2NOS/c1-15-10-5-9(14-13-10)7-3-2-6(11)4-8(7)12/h2-5H,1H3. The first-order chi connectivity index (χ1) is 7.20. The summed E-state index contributed by atoms with van der Waals surface area (Å²) in [6.45, 7) is 0. The summed E-state index contributed by atoms with van der Waals surface area (Å²) in [6.07, 6.45) is 1.94. The minimum absolute atomic E-state index is 0.561. The van der Waals surface area contributed by atoms with E-state index in [0.29, 0.717) is 15.8 Å². The van der Waals surface area contributed by atoms with E-state index < -0.39 is 0 Å². The van der Waals surface area contributed by atoms with E-state index in [1.54, 1.807) is 12.1 Å². The topological polar surface area (TPSA) is 26.0 Å². The average Bonchev–Trinajstić information content (AvgIpc) is 2.66. The zero-order valence-corrected chi connectivity index (χ0v) is 10.2. The molecule has 0 unspecified atom stereocenters. The van der Waals surface area contributed by atoms with Crippen LogP contribution in [0.25, 0.3) is 11.3 Å². The van der Waals surface area contributed by atoms with Crippen molar-refractivity contribution in [3.8, 4) is 11.3 Å².